The largest absolute Gasteiger partial charge is 0.329 e. The van der Waals surface area contributed by atoms with Crippen molar-refractivity contribution in [1.29, 1.82) is 0 Å². The summed E-state index contributed by atoms with van der Waals surface area (Å²) in [5.41, 5.74) is 6.80. The molecule has 3 heteroatoms. The molecule has 112 valence electrons. The summed E-state index contributed by atoms with van der Waals surface area (Å²) in [4.78, 5) is 5.22. The molecule has 0 aromatic carbocycles. The molecule has 0 amide bonds. The lowest BCUT2D eigenvalue weighted by Gasteiger charge is -2.57. The summed E-state index contributed by atoms with van der Waals surface area (Å²) in [6, 6.07) is 0. The van der Waals surface area contributed by atoms with E-state index >= 15 is 0 Å². The molecule has 0 aromatic heterocycles. The third-order valence-electron chi connectivity index (χ3n) is 6.01. The van der Waals surface area contributed by atoms with Gasteiger partial charge in [-0.05, 0) is 45.6 Å². The van der Waals surface area contributed by atoms with Crippen LogP contribution in [0.3, 0.4) is 0 Å². The van der Waals surface area contributed by atoms with Crippen LogP contribution in [0.25, 0.3) is 0 Å². The Morgan fingerprint density at radius 3 is 2.42 bits per heavy atom. The van der Waals surface area contributed by atoms with Crippen LogP contribution < -0.4 is 5.73 Å². The lowest BCUT2D eigenvalue weighted by molar-refractivity contribution is -0.0669. The Morgan fingerprint density at radius 1 is 1.16 bits per heavy atom. The molecule has 1 saturated carbocycles. The smallest absolute Gasteiger partial charge is 0.0361 e. The monoisotopic (exact) mass is 267 g/mol. The van der Waals surface area contributed by atoms with Crippen LogP contribution in [-0.4, -0.2) is 54.1 Å². The molecule has 1 heterocycles. The molecule has 2 fully saturated rings. The third kappa shape index (κ3) is 2.70. The molecular formula is C16H33N3. The van der Waals surface area contributed by atoms with Gasteiger partial charge >= 0.3 is 0 Å². The van der Waals surface area contributed by atoms with Crippen LogP contribution in [-0.2, 0) is 0 Å². The Kier molecular flexibility index (Phi) is 4.29. The second kappa shape index (κ2) is 5.34. The summed E-state index contributed by atoms with van der Waals surface area (Å²) < 4.78 is 0. The van der Waals surface area contributed by atoms with E-state index in [4.69, 9.17) is 5.73 Å². The molecule has 3 unspecified atom stereocenters. The predicted octanol–water partition coefficient (Wildman–Crippen LogP) is 2.17. The standard InChI is InChI=1S/C16H33N3/c1-13-6-7-14(2)16(10-13,11-17)19-9-8-18(5)15(3,4)12-19/h13-14H,6-12,17H2,1-5H3. The minimum atomic E-state index is 0.246. The quantitative estimate of drug-likeness (QED) is 0.832. The normalized spacial score (nSPS) is 41.4. The Balaban J connectivity index is 2.21. The number of nitrogens with zero attached hydrogens (tertiary/aromatic N) is 2. The zero-order valence-corrected chi connectivity index (χ0v) is 13.6. The first-order valence-electron chi connectivity index (χ1n) is 7.98. The van der Waals surface area contributed by atoms with E-state index in [1.165, 1.54) is 25.8 Å². The van der Waals surface area contributed by atoms with E-state index in [9.17, 15) is 0 Å². The average Bonchev–Trinajstić information content (AvgIpc) is 2.35. The van der Waals surface area contributed by atoms with E-state index in [-0.39, 0.29) is 11.1 Å². The fourth-order valence-electron chi connectivity index (χ4n) is 4.18. The van der Waals surface area contributed by atoms with Crippen molar-refractivity contribution in [2.45, 2.75) is 58.0 Å². The molecule has 1 saturated heterocycles. The summed E-state index contributed by atoms with van der Waals surface area (Å²) in [5, 5.41) is 0. The van der Waals surface area contributed by atoms with Gasteiger partial charge in [0.25, 0.3) is 0 Å². The molecule has 0 radical (unpaired) electrons. The van der Waals surface area contributed by atoms with Gasteiger partial charge in [-0.1, -0.05) is 20.3 Å². The van der Waals surface area contributed by atoms with Crippen molar-refractivity contribution in [1.82, 2.24) is 9.80 Å². The number of rotatable bonds is 2. The van der Waals surface area contributed by atoms with Crippen LogP contribution in [0.15, 0.2) is 0 Å². The molecule has 0 bridgehead atoms. The predicted molar refractivity (Wildman–Crippen MR) is 82.2 cm³/mol. The van der Waals surface area contributed by atoms with Crippen molar-refractivity contribution in [2.24, 2.45) is 17.6 Å². The zero-order valence-electron chi connectivity index (χ0n) is 13.6. The SMILES string of the molecule is CC1CCC(C)C(CN)(N2CCN(C)C(C)(C)C2)C1. The van der Waals surface area contributed by atoms with Gasteiger partial charge < -0.3 is 5.73 Å². The third-order valence-corrected chi connectivity index (χ3v) is 6.01. The highest BCUT2D eigenvalue weighted by Gasteiger charge is 2.47. The maximum atomic E-state index is 6.29. The van der Waals surface area contributed by atoms with Gasteiger partial charge in [0.05, 0.1) is 0 Å². The van der Waals surface area contributed by atoms with Crippen molar-refractivity contribution in [3.05, 3.63) is 0 Å². The summed E-state index contributed by atoms with van der Waals surface area (Å²) in [6.45, 7) is 13.8. The Labute approximate surface area is 119 Å². The van der Waals surface area contributed by atoms with Gasteiger partial charge in [-0.15, -0.1) is 0 Å². The Morgan fingerprint density at radius 2 is 1.84 bits per heavy atom. The highest BCUT2D eigenvalue weighted by Crippen LogP contribution is 2.42. The van der Waals surface area contributed by atoms with Crippen molar-refractivity contribution in [3.63, 3.8) is 0 Å². The maximum Gasteiger partial charge on any atom is 0.0361 e. The second-order valence-corrected chi connectivity index (χ2v) is 7.75. The molecule has 3 nitrogen and oxygen atoms in total. The van der Waals surface area contributed by atoms with E-state index < -0.39 is 0 Å². The molecule has 2 N–H and O–H groups in total. The number of likely N-dealkylation sites (N-methyl/N-ethyl adjacent to an activating group) is 1. The highest BCUT2D eigenvalue weighted by atomic mass is 15.3. The highest BCUT2D eigenvalue weighted by molar-refractivity contribution is 5.04. The maximum absolute atomic E-state index is 6.29. The lowest BCUT2D eigenvalue weighted by Crippen LogP contribution is -2.68. The molecule has 19 heavy (non-hydrogen) atoms. The molecule has 2 rings (SSSR count). The molecule has 0 aromatic rings. The first-order valence-corrected chi connectivity index (χ1v) is 7.98. The Hall–Kier alpha value is -0.120. The minimum absolute atomic E-state index is 0.246. The van der Waals surface area contributed by atoms with Gasteiger partial charge in [0, 0.05) is 37.3 Å². The van der Waals surface area contributed by atoms with Gasteiger partial charge in [-0.2, -0.15) is 0 Å². The molecule has 1 aliphatic heterocycles. The molecular weight excluding hydrogens is 234 g/mol. The van der Waals surface area contributed by atoms with Gasteiger partial charge in [0.2, 0.25) is 0 Å². The van der Waals surface area contributed by atoms with Crippen LogP contribution in [0.5, 0.6) is 0 Å². The zero-order chi connectivity index (χ0) is 14.3. The molecule has 3 atom stereocenters. The van der Waals surface area contributed by atoms with Gasteiger partial charge in [0.1, 0.15) is 0 Å². The first-order chi connectivity index (χ1) is 8.82. The van der Waals surface area contributed by atoms with Crippen LogP contribution in [0.2, 0.25) is 0 Å². The fraction of sp³-hybridized carbons (Fsp3) is 1.00. The summed E-state index contributed by atoms with van der Waals surface area (Å²) in [6.07, 6.45) is 4.00. The van der Waals surface area contributed by atoms with E-state index in [0.29, 0.717) is 0 Å². The van der Waals surface area contributed by atoms with E-state index in [1.54, 1.807) is 0 Å². The van der Waals surface area contributed by atoms with Crippen LogP contribution in [0.4, 0.5) is 0 Å². The molecule has 1 aliphatic carbocycles. The van der Waals surface area contributed by atoms with E-state index in [2.05, 4.69) is 44.5 Å². The first kappa shape index (κ1) is 15.3. The Bertz CT molecular complexity index is 315. The van der Waals surface area contributed by atoms with Crippen molar-refractivity contribution in [3.8, 4) is 0 Å². The average molecular weight is 267 g/mol. The van der Waals surface area contributed by atoms with Crippen molar-refractivity contribution < 1.29 is 0 Å². The van der Waals surface area contributed by atoms with Crippen LogP contribution in [0, 0.1) is 11.8 Å². The minimum Gasteiger partial charge on any atom is -0.329 e. The topological polar surface area (TPSA) is 32.5 Å². The van der Waals surface area contributed by atoms with Gasteiger partial charge in [0.15, 0.2) is 0 Å². The number of hydrogen-bond acceptors (Lipinski definition) is 3. The van der Waals surface area contributed by atoms with E-state index in [0.717, 1.165) is 31.5 Å². The summed E-state index contributed by atoms with van der Waals surface area (Å²) >= 11 is 0. The number of hydrogen-bond donors (Lipinski definition) is 1. The lowest BCUT2D eigenvalue weighted by atomic mass is 9.68. The summed E-state index contributed by atoms with van der Waals surface area (Å²) in [5.74, 6) is 1.55. The van der Waals surface area contributed by atoms with Gasteiger partial charge in [-0.25, -0.2) is 0 Å². The van der Waals surface area contributed by atoms with Crippen molar-refractivity contribution in [2.75, 3.05) is 33.2 Å². The van der Waals surface area contributed by atoms with Gasteiger partial charge in [-0.3, -0.25) is 9.80 Å². The molecule has 0 spiro atoms. The van der Waals surface area contributed by atoms with E-state index in [1.807, 2.05) is 0 Å². The van der Waals surface area contributed by atoms with Crippen LogP contribution in [0.1, 0.15) is 47.0 Å². The summed E-state index contributed by atoms with van der Waals surface area (Å²) in [7, 11) is 2.25. The van der Waals surface area contributed by atoms with Crippen LogP contribution >= 0.6 is 0 Å². The fourth-order valence-corrected chi connectivity index (χ4v) is 4.18. The number of nitrogens with two attached hydrogens (primary N) is 1. The second-order valence-electron chi connectivity index (χ2n) is 7.75. The van der Waals surface area contributed by atoms with Crippen molar-refractivity contribution >= 4 is 0 Å². The number of piperazine rings is 1. The molecule has 2 aliphatic rings.